The molecule has 2 aromatic heterocycles. The molecule has 0 bridgehead atoms. The van der Waals surface area contributed by atoms with Gasteiger partial charge >= 0.3 is 6.03 Å². The van der Waals surface area contributed by atoms with E-state index < -0.39 is 0 Å². The van der Waals surface area contributed by atoms with E-state index in [1.165, 1.54) is 0 Å². The second kappa shape index (κ2) is 8.02. The number of carbonyl (C=O) groups excluding carboxylic acids is 1. The quantitative estimate of drug-likeness (QED) is 0.870. The number of pyridine rings is 1. The van der Waals surface area contributed by atoms with Gasteiger partial charge < -0.3 is 24.7 Å². The third-order valence-corrected chi connectivity index (χ3v) is 4.13. The first-order chi connectivity index (χ1) is 12.1. The van der Waals surface area contributed by atoms with E-state index in [2.05, 4.69) is 20.5 Å². The second-order valence-electron chi connectivity index (χ2n) is 6.12. The molecule has 7 nitrogen and oxygen atoms in total. The van der Waals surface area contributed by atoms with Crippen molar-refractivity contribution in [1.29, 1.82) is 0 Å². The lowest BCUT2D eigenvalue weighted by atomic mass is 10.2. The minimum atomic E-state index is -0.230. The fourth-order valence-corrected chi connectivity index (χ4v) is 2.72. The first kappa shape index (κ1) is 17.3. The van der Waals surface area contributed by atoms with Crippen LogP contribution in [-0.4, -0.2) is 37.3 Å². The number of hydrogen-bond acceptors (Lipinski definition) is 5. The van der Waals surface area contributed by atoms with Crippen molar-refractivity contribution in [1.82, 2.24) is 15.6 Å². The van der Waals surface area contributed by atoms with Crippen LogP contribution in [0.1, 0.15) is 30.0 Å². The molecule has 2 amide bonds. The Kier molecular flexibility index (Phi) is 5.55. The van der Waals surface area contributed by atoms with Crippen molar-refractivity contribution in [2.45, 2.75) is 26.4 Å². The first-order valence-electron chi connectivity index (χ1n) is 8.50. The van der Waals surface area contributed by atoms with Gasteiger partial charge in [0, 0.05) is 25.8 Å². The fraction of sp³-hybridized carbons (Fsp3) is 0.444. The molecule has 0 spiro atoms. The largest absolute Gasteiger partial charge is 0.464 e. The maximum atomic E-state index is 12.1. The molecule has 1 saturated heterocycles. The van der Waals surface area contributed by atoms with Crippen molar-refractivity contribution >= 4 is 11.8 Å². The summed E-state index contributed by atoms with van der Waals surface area (Å²) >= 11 is 0. The summed E-state index contributed by atoms with van der Waals surface area (Å²) in [6.45, 7) is 7.32. The predicted molar refractivity (Wildman–Crippen MR) is 94.5 cm³/mol. The van der Waals surface area contributed by atoms with E-state index in [4.69, 9.17) is 9.15 Å². The molecule has 3 rings (SSSR count). The SMILES string of the molecule is Cc1ccc([C@H](C)NC(=O)NCc2ccnc(N3CCOCC3)c2)o1. The molecule has 7 heteroatoms. The van der Waals surface area contributed by atoms with Gasteiger partial charge in [0.05, 0.1) is 19.3 Å². The number of furan rings is 1. The zero-order valence-electron chi connectivity index (χ0n) is 14.6. The number of hydrogen-bond donors (Lipinski definition) is 2. The summed E-state index contributed by atoms with van der Waals surface area (Å²) in [5.74, 6) is 2.49. The van der Waals surface area contributed by atoms with Gasteiger partial charge in [-0.05, 0) is 43.7 Å². The molecule has 0 radical (unpaired) electrons. The summed E-state index contributed by atoms with van der Waals surface area (Å²) in [6.07, 6.45) is 1.77. The normalized spacial score (nSPS) is 15.7. The van der Waals surface area contributed by atoms with Crippen LogP contribution in [0.5, 0.6) is 0 Å². The number of carbonyl (C=O) groups is 1. The molecule has 0 saturated carbocycles. The number of morpholine rings is 1. The monoisotopic (exact) mass is 344 g/mol. The van der Waals surface area contributed by atoms with Crippen molar-refractivity contribution in [3.05, 3.63) is 47.5 Å². The Balaban J connectivity index is 1.51. The van der Waals surface area contributed by atoms with Crippen LogP contribution in [-0.2, 0) is 11.3 Å². The molecule has 1 aliphatic rings. The van der Waals surface area contributed by atoms with Crippen molar-refractivity contribution in [3.8, 4) is 0 Å². The second-order valence-corrected chi connectivity index (χ2v) is 6.12. The van der Waals surface area contributed by atoms with Gasteiger partial charge in [0.1, 0.15) is 17.3 Å². The van der Waals surface area contributed by atoms with Gasteiger partial charge in [-0.3, -0.25) is 0 Å². The van der Waals surface area contributed by atoms with Crippen LogP contribution in [0, 0.1) is 6.92 Å². The van der Waals surface area contributed by atoms with Crippen molar-refractivity contribution in [3.63, 3.8) is 0 Å². The average Bonchev–Trinajstić information content (AvgIpc) is 3.08. The fourth-order valence-electron chi connectivity index (χ4n) is 2.72. The molecule has 0 unspecified atom stereocenters. The molecule has 1 atom stereocenters. The van der Waals surface area contributed by atoms with Crippen molar-refractivity contribution < 1.29 is 13.9 Å². The van der Waals surface area contributed by atoms with E-state index in [0.717, 1.165) is 49.2 Å². The maximum Gasteiger partial charge on any atom is 0.315 e. The van der Waals surface area contributed by atoms with Crippen LogP contribution in [0.25, 0.3) is 0 Å². The lowest BCUT2D eigenvalue weighted by Crippen LogP contribution is -2.37. The number of ether oxygens (including phenoxy) is 1. The summed E-state index contributed by atoms with van der Waals surface area (Å²) in [7, 11) is 0. The Labute approximate surface area is 147 Å². The summed E-state index contributed by atoms with van der Waals surface area (Å²) in [5.41, 5.74) is 1.01. The molecule has 2 N–H and O–H groups in total. The van der Waals surface area contributed by atoms with Gasteiger partial charge in [-0.1, -0.05) is 0 Å². The smallest absolute Gasteiger partial charge is 0.315 e. The van der Waals surface area contributed by atoms with Gasteiger partial charge in [0.25, 0.3) is 0 Å². The first-order valence-corrected chi connectivity index (χ1v) is 8.50. The lowest BCUT2D eigenvalue weighted by Gasteiger charge is -2.28. The highest BCUT2D eigenvalue weighted by Crippen LogP contribution is 2.16. The Morgan fingerprint density at radius 3 is 2.84 bits per heavy atom. The third kappa shape index (κ3) is 4.73. The summed E-state index contributed by atoms with van der Waals surface area (Å²) < 4.78 is 10.9. The summed E-state index contributed by atoms with van der Waals surface area (Å²) in [6, 6.07) is 7.25. The molecule has 0 aliphatic carbocycles. The minimum Gasteiger partial charge on any atom is -0.464 e. The van der Waals surface area contributed by atoms with E-state index in [1.807, 2.05) is 38.1 Å². The number of nitrogens with zero attached hydrogens (tertiary/aromatic N) is 2. The van der Waals surface area contributed by atoms with E-state index in [0.29, 0.717) is 6.54 Å². The van der Waals surface area contributed by atoms with Crippen LogP contribution >= 0.6 is 0 Å². The van der Waals surface area contributed by atoms with Crippen LogP contribution in [0.3, 0.4) is 0 Å². The molecule has 1 fully saturated rings. The highest BCUT2D eigenvalue weighted by molar-refractivity contribution is 5.74. The Morgan fingerprint density at radius 2 is 2.12 bits per heavy atom. The zero-order chi connectivity index (χ0) is 17.6. The number of anilines is 1. The Bertz CT molecular complexity index is 710. The molecule has 134 valence electrons. The number of aryl methyl sites for hydroxylation is 1. The van der Waals surface area contributed by atoms with E-state index >= 15 is 0 Å². The topological polar surface area (TPSA) is 79.6 Å². The highest BCUT2D eigenvalue weighted by atomic mass is 16.5. The molecule has 2 aromatic rings. The van der Waals surface area contributed by atoms with Gasteiger partial charge in [0.2, 0.25) is 0 Å². The lowest BCUT2D eigenvalue weighted by molar-refractivity contribution is 0.122. The van der Waals surface area contributed by atoms with Gasteiger partial charge in [-0.2, -0.15) is 0 Å². The molecular formula is C18H24N4O3. The van der Waals surface area contributed by atoms with Crippen LogP contribution in [0.2, 0.25) is 0 Å². The highest BCUT2D eigenvalue weighted by Gasteiger charge is 2.14. The van der Waals surface area contributed by atoms with Crippen molar-refractivity contribution in [2.24, 2.45) is 0 Å². The number of rotatable bonds is 5. The summed E-state index contributed by atoms with van der Waals surface area (Å²) in [5, 5.41) is 5.75. The van der Waals surface area contributed by atoms with Crippen LogP contribution in [0.4, 0.5) is 10.6 Å². The van der Waals surface area contributed by atoms with Gasteiger partial charge in [0.15, 0.2) is 0 Å². The molecule has 25 heavy (non-hydrogen) atoms. The van der Waals surface area contributed by atoms with Crippen LogP contribution < -0.4 is 15.5 Å². The maximum absolute atomic E-state index is 12.1. The third-order valence-electron chi connectivity index (χ3n) is 4.13. The van der Waals surface area contributed by atoms with Crippen molar-refractivity contribution in [2.75, 3.05) is 31.2 Å². The Morgan fingerprint density at radius 1 is 1.32 bits per heavy atom. The number of nitrogens with one attached hydrogen (secondary N) is 2. The van der Waals surface area contributed by atoms with Gasteiger partial charge in [-0.25, -0.2) is 9.78 Å². The number of amides is 2. The van der Waals surface area contributed by atoms with E-state index in [9.17, 15) is 4.79 Å². The molecular weight excluding hydrogens is 320 g/mol. The Hall–Kier alpha value is -2.54. The predicted octanol–water partition coefficient (Wildman–Crippen LogP) is 2.38. The van der Waals surface area contributed by atoms with E-state index in [1.54, 1.807) is 6.20 Å². The van der Waals surface area contributed by atoms with Crippen LogP contribution in [0.15, 0.2) is 34.9 Å². The standard InChI is InChI=1S/C18H24N4O3/c1-13-3-4-16(25-13)14(2)21-18(23)20-12-15-5-6-19-17(11-15)22-7-9-24-10-8-22/h3-6,11,14H,7-10,12H2,1-2H3,(H2,20,21,23)/t14-/m0/s1. The minimum absolute atomic E-state index is 0.185. The molecule has 1 aliphatic heterocycles. The average molecular weight is 344 g/mol. The zero-order valence-corrected chi connectivity index (χ0v) is 14.6. The number of urea groups is 1. The molecule has 3 heterocycles. The summed E-state index contributed by atoms with van der Waals surface area (Å²) in [4.78, 5) is 18.7. The van der Waals surface area contributed by atoms with Gasteiger partial charge in [-0.15, -0.1) is 0 Å². The molecule has 0 aromatic carbocycles. The van der Waals surface area contributed by atoms with E-state index in [-0.39, 0.29) is 12.1 Å². The number of aromatic nitrogens is 1.